The van der Waals surface area contributed by atoms with E-state index in [0.29, 0.717) is 5.69 Å². The molecular formula is C12H14N2O3. The lowest BCUT2D eigenvalue weighted by Gasteiger charge is -2.21. The minimum absolute atomic E-state index is 0.0394. The molecule has 1 atom stereocenters. The van der Waals surface area contributed by atoms with Crippen LogP contribution in [0.25, 0.3) is 0 Å². The molecule has 0 aromatic carbocycles. The van der Waals surface area contributed by atoms with Gasteiger partial charge in [0, 0.05) is 5.69 Å². The van der Waals surface area contributed by atoms with Crippen molar-refractivity contribution in [1.29, 1.82) is 5.26 Å². The monoisotopic (exact) mass is 234 g/mol. The van der Waals surface area contributed by atoms with Gasteiger partial charge in [0.1, 0.15) is 17.7 Å². The Morgan fingerprint density at radius 1 is 1.47 bits per heavy atom. The van der Waals surface area contributed by atoms with E-state index in [-0.39, 0.29) is 11.5 Å². The summed E-state index contributed by atoms with van der Waals surface area (Å²) >= 11 is 0. The fraction of sp³-hybridized carbons (Fsp3) is 0.417. The molecular weight excluding hydrogens is 220 g/mol. The van der Waals surface area contributed by atoms with Crippen molar-refractivity contribution in [3.8, 4) is 6.07 Å². The van der Waals surface area contributed by atoms with Crippen LogP contribution in [-0.2, 0) is 4.79 Å². The van der Waals surface area contributed by atoms with Gasteiger partial charge in [-0.15, -0.1) is 0 Å². The van der Waals surface area contributed by atoms with Gasteiger partial charge in [0.15, 0.2) is 0 Å². The highest BCUT2D eigenvalue weighted by Crippen LogP contribution is 2.18. The lowest BCUT2D eigenvalue weighted by Crippen LogP contribution is -2.35. The quantitative estimate of drug-likeness (QED) is 0.854. The molecule has 0 amide bonds. The van der Waals surface area contributed by atoms with Gasteiger partial charge in [-0.1, -0.05) is 13.8 Å². The molecule has 90 valence electrons. The molecule has 1 unspecified atom stereocenters. The third kappa shape index (κ3) is 2.36. The van der Waals surface area contributed by atoms with Gasteiger partial charge in [0.25, 0.3) is 5.56 Å². The number of carboxylic acids is 1. The fourth-order valence-corrected chi connectivity index (χ4v) is 1.77. The number of carbonyl (C=O) groups is 1. The summed E-state index contributed by atoms with van der Waals surface area (Å²) in [7, 11) is 0. The van der Waals surface area contributed by atoms with Crippen molar-refractivity contribution in [3.05, 3.63) is 33.7 Å². The fourth-order valence-electron chi connectivity index (χ4n) is 1.77. The molecule has 0 saturated heterocycles. The third-order valence-electron chi connectivity index (χ3n) is 2.60. The molecule has 1 rings (SSSR count). The zero-order valence-corrected chi connectivity index (χ0v) is 9.97. The number of pyridine rings is 1. The van der Waals surface area contributed by atoms with Crippen LogP contribution in [-0.4, -0.2) is 15.6 Å². The minimum atomic E-state index is -1.07. The highest BCUT2D eigenvalue weighted by atomic mass is 16.4. The van der Waals surface area contributed by atoms with Crippen LogP contribution < -0.4 is 5.56 Å². The van der Waals surface area contributed by atoms with E-state index < -0.39 is 17.6 Å². The van der Waals surface area contributed by atoms with Crippen LogP contribution >= 0.6 is 0 Å². The Bertz CT molecular complexity index is 538. The molecule has 1 aromatic rings. The second kappa shape index (κ2) is 4.83. The average molecular weight is 234 g/mol. The zero-order chi connectivity index (χ0) is 13.2. The number of nitrogens with zero attached hydrogens (tertiary/aromatic N) is 2. The molecule has 17 heavy (non-hydrogen) atoms. The highest BCUT2D eigenvalue weighted by Gasteiger charge is 2.26. The summed E-state index contributed by atoms with van der Waals surface area (Å²) < 4.78 is 1.17. The average Bonchev–Trinajstić information content (AvgIpc) is 2.23. The number of hydrogen-bond donors (Lipinski definition) is 1. The van der Waals surface area contributed by atoms with Crippen molar-refractivity contribution < 1.29 is 9.90 Å². The number of nitriles is 1. The van der Waals surface area contributed by atoms with E-state index in [9.17, 15) is 9.59 Å². The second-order valence-electron chi connectivity index (χ2n) is 4.20. The standard InChI is InChI=1S/C12H14N2O3/c1-7(2)10(12(16)17)14-8(3)4-5-9(6-13)11(14)15/h4-5,7,10H,1-3H3,(H,16,17). The SMILES string of the molecule is Cc1ccc(C#N)c(=O)n1C(C(=O)O)C(C)C. The summed E-state index contributed by atoms with van der Waals surface area (Å²) in [5.74, 6) is -1.31. The van der Waals surface area contributed by atoms with E-state index in [1.807, 2.05) is 0 Å². The Labute approximate surface area is 98.9 Å². The molecule has 1 N–H and O–H groups in total. The molecule has 5 heteroatoms. The minimum Gasteiger partial charge on any atom is -0.480 e. The number of aromatic nitrogens is 1. The molecule has 0 aliphatic carbocycles. The van der Waals surface area contributed by atoms with Crippen LogP contribution in [0.3, 0.4) is 0 Å². The molecule has 0 aliphatic heterocycles. The topological polar surface area (TPSA) is 83.1 Å². The van der Waals surface area contributed by atoms with Crippen molar-refractivity contribution in [2.75, 3.05) is 0 Å². The highest BCUT2D eigenvalue weighted by molar-refractivity contribution is 5.72. The van der Waals surface area contributed by atoms with Crippen LogP contribution in [0.4, 0.5) is 0 Å². The lowest BCUT2D eigenvalue weighted by atomic mass is 10.0. The van der Waals surface area contributed by atoms with Gasteiger partial charge in [-0.3, -0.25) is 9.36 Å². The molecule has 0 bridgehead atoms. The normalized spacial score (nSPS) is 12.2. The van der Waals surface area contributed by atoms with Crippen molar-refractivity contribution in [2.45, 2.75) is 26.8 Å². The summed E-state index contributed by atoms with van der Waals surface area (Å²) in [5.41, 5.74) is -0.0498. The van der Waals surface area contributed by atoms with Crippen molar-refractivity contribution in [1.82, 2.24) is 4.57 Å². The first-order valence-corrected chi connectivity index (χ1v) is 5.25. The first kappa shape index (κ1) is 13.0. The second-order valence-corrected chi connectivity index (χ2v) is 4.20. The largest absolute Gasteiger partial charge is 0.480 e. The molecule has 1 heterocycles. The van der Waals surface area contributed by atoms with E-state index in [4.69, 9.17) is 10.4 Å². The smallest absolute Gasteiger partial charge is 0.327 e. The van der Waals surface area contributed by atoms with Crippen molar-refractivity contribution in [3.63, 3.8) is 0 Å². The van der Waals surface area contributed by atoms with Gasteiger partial charge >= 0.3 is 5.97 Å². The number of carboxylic acid groups (broad SMARTS) is 1. The molecule has 1 aromatic heterocycles. The van der Waals surface area contributed by atoms with Gasteiger partial charge in [-0.2, -0.15) is 5.26 Å². The van der Waals surface area contributed by atoms with Gasteiger partial charge in [0.05, 0.1) is 0 Å². The Kier molecular flexibility index (Phi) is 3.69. The predicted molar refractivity (Wildman–Crippen MR) is 61.7 cm³/mol. The van der Waals surface area contributed by atoms with Gasteiger partial charge < -0.3 is 5.11 Å². The number of hydrogen-bond acceptors (Lipinski definition) is 3. The molecule has 0 aliphatic rings. The van der Waals surface area contributed by atoms with Crippen LogP contribution in [0.2, 0.25) is 0 Å². The van der Waals surface area contributed by atoms with E-state index in [1.54, 1.807) is 32.9 Å². The molecule has 0 radical (unpaired) electrons. The summed E-state index contributed by atoms with van der Waals surface area (Å²) in [4.78, 5) is 23.2. The van der Waals surface area contributed by atoms with Crippen LogP contribution in [0.1, 0.15) is 31.1 Å². The van der Waals surface area contributed by atoms with E-state index in [2.05, 4.69) is 0 Å². The summed E-state index contributed by atoms with van der Waals surface area (Å²) in [6.07, 6.45) is 0. The van der Waals surface area contributed by atoms with Crippen molar-refractivity contribution >= 4 is 5.97 Å². The van der Waals surface area contributed by atoms with Crippen LogP contribution in [0.5, 0.6) is 0 Å². The lowest BCUT2D eigenvalue weighted by molar-refractivity contribution is -0.142. The van der Waals surface area contributed by atoms with E-state index >= 15 is 0 Å². The summed E-state index contributed by atoms with van der Waals surface area (Å²) in [5, 5.41) is 17.9. The first-order chi connectivity index (χ1) is 7.90. The Hall–Kier alpha value is -2.09. The maximum atomic E-state index is 11.9. The van der Waals surface area contributed by atoms with Crippen LogP contribution in [0.15, 0.2) is 16.9 Å². The Morgan fingerprint density at radius 2 is 2.06 bits per heavy atom. The molecule has 0 fully saturated rings. The van der Waals surface area contributed by atoms with Crippen LogP contribution in [0, 0.1) is 24.2 Å². The molecule has 5 nitrogen and oxygen atoms in total. The summed E-state index contributed by atoms with van der Waals surface area (Å²) in [6.45, 7) is 5.11. The van der Waals surface area contributed by atoms with Gasteiger partial charge in [-0.05, 0) is 25.0 Å². The van der Waals surface area contributed by atoms with Crippen molar-refractivity contribution in [2.24, 2.45) is 5.92 Å². The first-order valence-electron chi connectivity index (χ1n) is 5.25. The maximum Gasteiger partial charge on any atom is 0.327 e. The number of rotatable bonds is 3. The Morgan fingerprint density at radius 3 is 2.47 bits per heavy atom. The number of aryl methyl sites for hydroxylation is 1. The number of aliphatic carboxylic acids is 1. The molecule has 0 saturated carbocycles. The summed E-state index contributed by atoms with van der Waals surface area (Å²) in [6, 6.07) is 3.81. The molecule has 0 spiro atoms. The maximum absolute atomic E-state index is 11.9. The Balaban J connectivity index is 3.54. The van der Waals surface area contributed by atoms with E-state index in [1.165, 1.54) is 10.6 Å². The van der Waals surface area contributed by atoms with Gasteiger partial charge in [-0.25, -0.2) is 4.79 Å². The van der Waals surface area contributed by atoms with E-state index in [0.717, 1.165) is 0 Å². The zero-order valence-electron chi connectivity index (χ0n) is 9.97. The predicted octanol–water partition coefficient (Wildman–Crippen LogP) is 1.31. The third-order valence-corrected chi connectivity index (χ3v) is 2.60. The van der Waals surface area contributed by atoms with Gasteiger partial charge in [0.2, 0.25) is 0 Å².